The molecule has 1 amide bonds. The van der Waals surface area contributed by atoms with Gasteiger partial charge in [0.25, 0.3) is 0 Å². The van der Waals surface area contributed by atoms with Crippen LogP contribution in [0.1, 0.15) is 48.5 Å². The molecule has 1 N–H and O–H groups in total. The molecular weight excluding hydrogens is 312 g/mol. The number of amides is 1. The molecule has 4 nitrogen and oxygen atoms in total. The zero-order valence-corrected chi connectivity index (χ0v) is 15.7. The monoisotopic (exact) mass is 337 g/mol. The van der Waals surface area contributed by atoms with Crippen LogP contribution >= 0.6 is 11.6 Å². The fourth-order valence-electron chi connectivity index (χ4n) is 2.07. The molecule has 2 rings (SSSR count). The summed E-state index contributed by atoms with van der Waals surface area (Å²) in [5, 5.41) is 3.36. The van der Waals surface area contributed by atoms with E-state index < -0.39 is 23.7 Å². The van der Waals surface area contributed by atoms with Crippen LogP contribution in [0, 0.1) is 5.41 Å². The molecule has 0 bridgehead atoms. The first-order valence-corrected chi connectivity index (χ1v) is 8.18. The van der Waals surface area contributed by atoms with Gasteiger partial charge in [-0.15, -0.1) is 0 Å². The summed E-state index contributed by atoms with van der Waals surface area (Å²) < 4.78 is 12.1. The van der Waals surface area contributed by atoms with E-state index in [1.807, 2.05) is 60.6 Å². The third kappa shape index (κ3) is 3.73. The number of hydrogen-bond acceptors (Lipinski definition) is 3. The second kappa shape index (κ2) is 5.80. The number of carbonyl (C=O) groups is 1. The summed E-state index contributed by atoms with van der Waals surface area (Å²) in [4.78, 5) is 12.2. The molecule has 0 atom stereocenters. The molecule has 0 aliphatic carbocycles. The van der Waals surface area contributed by atoms with E-state index in [9.17, 15) is 4.79 Å². The third-order valence-electron chi connectivity index (χ3n) is 4.45. The molecule has 1 aliphatic heterocycles. The zero-order chi connectivity index (χ0) is 17.6. The van der Waals surface area contributed by atoms with Gasteiger partial charge in [0.15, 0.2) is 0 Å². The molecule has 6 heteroatoms. The van der Waals surface area contributed by atoms with E-state index in [2.05, 4.69) is 5.32 Å². The molecule has 1 fully saturated rings. The number of anilines is 1. The van der Waals surface area contributed by atoms with Gasteiger partial charge in [-0.3, -0.25) is 4.79 Å². The topological polar surface area (TPSA) is 47.6 Å². The van der Waals surface area contributed by atoms with E-state index in [-0.39, 0.29) is 5.91 Å². The molecule has 1 aromatic carbocycles. The summed E-state index contributed by atoms with van der Waals surface area (Å²) in [5.41, 5.74) is 0.0816. The molecule has 1 heterocycles. The summed E-state index contributed by atoms with van der Waals surface area (Å²) in [6.45, 7) is 13.6. The average Bonchev–Trinajstić information content (AvgIpc) is 2.60. The highest BCUT2D eigenvalue weighted by atomic mass is 35.5. The van der Waals surface area contributed by atoms with Crippen molar-refractivity contribution in [3.05, 3.63) is 23.2 Å². The zero-order valence-electron chi connectivity index (χ0n) is 14.9. The van der Waals surface area contributed by atoms with Gasteiger partial charge in [0.1, 0.15) is 0 Å². The molecule has 0 saturated carbocycles. The SMILES string of the molecule is CC(C)(C)C(=O)Nc1cc(B2OC(C)(C)C(C)(C)O2)ccc1Cl. The van der Waals surface area contributed by atoms with Gasteiger partial charge in [-0.05, 0) is 45.3 Å². The number of benzene rings is 1. The van der Waals surface area contributed by atoms with Gasteiger partial charge in [-0.25, -0.2) is 0 Å². The Morgan fingerprint density at radius 2 is 1.65 bits per heavy atom. The van der Waals surface area contributed by atoms with Crippen molar-refractivity contribution in [2.24, 2.45) is 5.41 Å². The Balaban J connectivity index is 2.27. The minimum absolute atomic E-state index is 0.0922. The van der Waals surface area contributed by atoms with E-state index in [1.54, 1.807) is 6.07 Å². The normalized spacial score (nSPS) is 19.7. The molecule has 126 valence electrons. The van der Waals surface area contributed by atoms with Crippen molar-refractivity contribution in [1.82, 2.24) is 0 Å². The van der Waals surface area contributed by atoms with Gasteiger partial charge >= 0.3 is 7.12 Å². The predicted octanol–water partition coefficient (Wildman–Crippen LogP) is 3.62. The van der Waals surface area contributed by atoms with Crippen LogP contribution in [0.15, 0.2) is 18.2 Å². The Morgan fingerprint density at radius 1 is 1.13 bits per heavy atom. The highest BCUT2D eigenvalue weighted by molar-refractivity contribution is 6.62. The molecule has 1 saturated heterocycles. The second-order valence-corrected chi connectivity index (χ2v) is 8.44. The fraction of sp³-hybridized carbons (Fsp3) is 0.588. The Hall–Kier alpha value is -1.04. The van der Waals surface area contributed by atoms with Gasteiger partial charge in [0.2, 0.25) is 5.91 Å². The van der Waals surface area contributed by atoms with Crippen molar-refractivity contribution < 1.29 is 14.1 Å². The minimum Gasteiger partial charge on any atom is -0.399 e. The molecule has 0 radical (unpaired) electrons. The quantitative estimate of drug-likeness (QED) is 0.838. The van der Waals surface area contributed by atoms with Crippen LogP contribution in [-0.4, -0.2) is 24.2 Å². The third-order valence-corrected chi connectivity index (χ3v) is 4.77. The van der Waals surface area contributed by atoms with Crippen molar-refractivity contribution in [3.8, 4) is 0 Å². The smallest absolute Gasteiger partial charge is 0.399 e. The van der Waals surface area contributed by atoms with Crippen molar-refractivity contribution in [2.75, 3.05) is 5.32 Å². The first-order valence-electron chi connectivity index (χ1n) is 7.80. The number of carbonyl (C=O) groups excluding carboxylic acids is 1. The lowest BCUT2D eigenvalue weighted by molar-refractivity contribution is -0.123. The van der Waals surface area contributed by atoms with Crippen molar-refractivity contribution in [2.45, 2.75) is 59.7 Å². The van der Waals surface area contributed by atoms with E-state index >= 15 is 0 Å². The maximum absolute atomic E-state index is 12.2. The summed E-state index contributed by atoms with van der Waals surface area (Å²) >= 11 is 6.21. The number of halogens is 1. The van der Waals surface area contributed by atoms with E-state index in [1.165, 1.54) is 0 Å². The average molecular weight is 338 g/mol. The first-order chi connectivity index (χ1) is 10.3. The van der Waals surface area contributed by atoms with E-state index in [4.69, 9.17) is 20.9 Å². The van der Waals surface area contributed by atoms with Gasteiger partial charge in [-0.2, -0.15) is 0 Å². The van der Waals surface area contributed by atoms with Crippen LogP contribution in [0.2, 0.25) is 5.02 Å². The number of nitrogens with one attached hydrogen (secondary N) is 1. The molecule has 23 heavy (non-hydrogen) atoms. The Bertz CT molecular complexity index is 607. The highest BCUT2D eigenvalue weighted by Crippen LogP contribution is 2.37. The Kier molecular flexibility index (Phi) is 4.61. The van der Waals surface area contributed by atoms with Gasteiger partial charge in [0, 0.05) is 5.41 Å². The lowest BCUT2D eigenvalue weighted by Gasteiger charge is -2.32. The van der Waals surface area contributed by atoms with E-state index in [0.717, 1.165) is 5.46 Å². The number of rotatable bonds is 2. The van der Waals surface area contributed by atoms with Crippen LogP contribution < -0.4 is 10.8 Å². The van der Waals surface area contributed by atoms with Gasteiger partial charge in [-0.1, -0.05) is 38.4 Å². The van der Waals surface area contributed by atoms with Crippen LogP contribution in [0.25, 0.3) is 0 Å². The van der Waals surface area contributed by atoms with Crippen molar-refractivity contribution in [1.29, 1.82) is 0 Å². The van der Waals surface area contributed by atoms with E-state index in [0.29, 0.717) is 10.7 Å². The molecule has 0 aromatic heterocycles. The van der Waals surface area contributed by atoms with Crippen LogP contribution in [-0.2, 0) is 14.1 Å². The predicted molar refractivity (Wildman–Crippen MR) is 95.3 cm³/mol. The van der Waals surface area contributed by atoms with Crippen LogP contribution in [0.4, 0.5) is 5.69 Å². The number of hydrogen-bond donors (Lipinski definition) is 1. The lowest BCUT2D eigenvalue weighted by Crippen LogP contribution is -2.41. The lowest BCUT2D eigenvalue weighted by atomic mass is 9.79. The first kappa shape index (κ1) is 18.3. The molecule has 1 aliphatic rings. The Labute approximate surface area is 144 Å². The second-order valence-electron chi connectivity index (χ2n) is 8.03. The molecule has 0 unspecified atom stereocenters. The van der Waals surface area contributed by atoms with Crippen LogP contribution in [0.5, 0.6) is 0 Å². The Morgan fingerprint density at radius 3 is 2.13 bits per heavy atom. The minimum atomic E-state index is -0.496. The largest absolute Gasteiger partial charge is 0.494 e. The maximum Gasteiger partial charge on any atom is 0.494 e. The van der Waals surface area contributed by atoms with Crippen molar-refractivity contribution >= 4 is 35.8 Å². The van der Waals surface area contributed by atoms with Gasteiger partial charge in [0.05, 0.1) is 21.9 Å². The highest BCUT2D eigenvalue weighted by Gasteiger charge is 2.51. The van der Waals surface area contributed by atoms with Crippen LogP contribution in [0.3, 0.4) is 0 Å². The summed E-state index contributed by atoms with van der Waals surface area (Å²) in [7, 11) is -0.484. The fourth-order valence-corrected chi connectivity index (χ4v) is 2.24. The maximum atomic E-state index is 12.2. The standard InChI is InChI=1S/C17H25BClNO3/c1-15(2,3)14(21)20-13-10-11(8-9-12(13)19)18-22-16(4,5)17(6,7)23-18/h8-10H,1-7H3,(H,20,21). The summed E-state index contributed by atoms with van der Waals surface area (Å²) in [6, 6.07) is 5.42. The van der Waals surface area contributed by atoms with Gasteiger partial charge < -0.3 is 14.6 Å². The van der Waals surface area contributed by atoms with Crippen molar-refractivity contribution in [3.63, 3.8) is 0 Å². The summed E-state index contributed by atoms with van der Waals surface area (Å²) in [5.74, 6) is -0.0922. The summed E-state index contributed by atoms with van der Waals surface area (Å²) in [6.07, 6.45) is 0. The molecule has 0 spiro atoms. The molecular formula is C17H25BClNO3. The molecule has 1 aromatic rings.